The smallest absolute Gasteiger partial charge is 0.279 e. The molecule has 1 N–H and O–H groups in total. The summed E-state index contributed by atoms with van der Waals surface area (Å²) in [6, 6.07) is 7.77. The second-order valence-corrected chi connectivity index (χ2v) is 7.48. The van der Waals surface area contributed by atoms with Crippen molar-refractivity contribution in [2.24, 2.45) is 0 Å². The molecule has 0 atom stereocenters. The first-order valence-electron chi connectivity index (χ1n) is 9.39. The van der Waals surface area contributed by atoms with Gasteiger partial charge in [-0.3, -0.25) is 9.59 Å². The Morgan fingerprint density at radius 3 is 2.16 bits per heavy atom. The van der Waals surface area contributed by atoms with Crippen LogP contribution in [0.5, 0.6) is 0 Å². The molecule has 138 valence electrons. The molecule has 2 amide bonds. The standard InChI is InChI=1S/C20H31N3O2/c1-5-22(6-2)20(25)16-11-13-17(14-12-16)21-19(24)15-23(3,4)18-9-7-8-10-18/h11-14,18H,5-10,15H2,1-4H3/p+1. The van der Waals surface area contributed by atoms with E-state index in [4.69, 9.17) is 0 Å². The summed E-state index contributed by atoms with van der Waals surface area (Å²) in [4.78, 5) is 26.5. The topological polar surface area (TPSA) is 49.4 Å². The first-order valence-corrected chi connectivity index (χ1v) is 9.39. The Morgan fingerprint density at radius 1 is 1.08 bits per heavy atom. The van der Waals surface area contributed by atoms with E-state index in [0.29, 0.717) is 31.2 Å². The van der Waals surface area contributed by atoms with Crippen molar-refractivity contribution in [3.05, 3.63) is 29.8 Å². The normalized spacial score (nSPS) is 15.2. The molecular formula is C20H32N3O2+. The molecule has 0 aromatic heterocycles. The van der Waals surface area contributed by atoms with Gasteiger partial charge in [-0.15, -0.1) is 0 Å². The van der Waals surface area contributed by atoms with E-state index in [-0.39, 0.29) is 11.8 Å². The Hall–Kier alpha value is -1.88. The molecule has 0 unspecified atom stereocenters. The summed E-state index contributed by atoms with van der Waals surface area (Å²) in [7, 11) is 4.28. The average Bonchev–Trinajstić information content (AvgIpc) is 3.11. The molecule has 0 spiro atoms. The highest BCUT2D eigenvalue weighted by Gasteiger charge is 2.32. The largest absolute Gasteiger partial charge is 0.339 e. The molecule has 25 heavy (non-hydrogen) atoms. The van der Waals surface area contributed by atoms with Crippen molar-refractivity contribution in [1.29, 1.82) is 0 Å². The summed E-state index contributed by atoms with van der Waals surface area (Å²) in [5, 5.41) is 2.97. The van der Waals surface area contributed by atoms with Crippen molar-refractivity contribution in [3.8, 4) is 0 Å². The Kier molecular flexibility index (Phi) is 6.59. The zero-order valence-electron chi connectivity index (χ0n) is 16.0. The maximum atomic E-state index is 12.4. The molecule has 0 heterocycles. The number of quaternary nitrogens is 1. The lowest BCUT2D eigenvalue weighted by Crippen LogP contribution is -2.51. The van der Waals surface area contributed by atoms with Gasteiger partial charge in [0.05, 0.1) is 20.1 Å². The molecule has 1 aromatic rings. The van der Waals surface area contributed by atoms with Crippen LogP contribution in [-0.2, 0) is 4.79 Å². The number of carbonyl (C=O) groups excluding carboxylic acids is 2. The third-order valence-corrected chi connectivity index (χ3v) is 5.33. The number of rotatable bonds is 7. The second kappa shape index (κ2) is 8.48. The van der Waals surface area contributed by atoms with Gasteiger partial charge in [0.25, 0.3) is 11.8 Å². The van der Waals surface area contributed by atoms with Crippen LogP contribution in [0.1, 0.15) is 49.9 Å². The molecule has 0 saturated heterocycles. The predicted molar refractivity (Wildman–Crippen MR) is 102 cm³/mol. The summed E-state index contributed by atoms with van der Waals surface area (Å²) in [6.45, 7) is 5.81. The van der Waals surface area contributed by atoms with Gasteiger partial charge < -0.3 is 14.7 Å². The van der Waals surface area contributed by atoms with Crippen LogP contribution in [0.4, 0.5) is 5.69 Å². The fourth-order valence-corrected chi connectivity index (χ4v) is 3.69. The SMILES string of the molecule is CCN(CC)C(=O)c1ccc(NC(=O)C[N+](C)(C)C2CCCC2)cc1. The highest BCUT2D eigenvalue weighted by molar-refractivity contribution is 5.96. The van der Waals surface area contributed by atoms with Crippen molar-refractivity contribution in [3.63, 3.8) is 0 Å². The Balaban J connectivity index is 1.94. The number of hydrogen-bond acceptors (Lipinski definition) is 2. The van der Waals surface area contributed by atoms with Gasteiger partial charge in [0.1, 0.15) is 0 Å². The zero-order chi connectivity index (χ0) is 18.4. The van der Waals surface area contributed by atoms with Crippen molar-refractivity contribution in [2.75, 3.05) is 39.0 Å². The van der Waals surface area contributed by atoms with E-state index < -0.39 is 0 Å². The van der Waals surface area contributed by atoms with Gasteiger partial charge in [-0.2, -0.15) is 0 Å². The van der Waals surface area contributed by atoms with Gasteiger partial charge in [-0.05, 0) is 63.8 Å². The maximum absolute atomic E-state index is 12.4. The summed E-state index contributed by atoms with van der Waals surface area (Å²) >= 11 is 0. The molecule has 2 rings (SSSR count). The van der Waals surface area contributed by atoms with Crippen LogP contribution in [0.3, 0.4) is 0 Å². The number of amides is 2. The van der Waals surface area contributed by atoms with Crippen LogP contribution in [0.2, 0.25) is 0 Å². The van der Waals surface area contributed by atoms with Gasteiger partial charge in [0.2, 0.25) is 0 Å². The average molecular weight is 346 g/mol. The Bertz CT molecular complexity index is 585. The van der Waals surface area contributed by atoms with E-state index in [0.717, 1.165) is 10.2 Å². The van der Waals surface area contributed by atoms with Crippen molar-refractivity contribution in [1.82, 2.24) is 4.90 Å². The molecule has 0 aliphatic heterocycles. The minimum Gasteiger partial charge on any atom is -0.339 e. The quantitative estimate of drug-likeness (QED) is 0.771. The van der Waals surface area contributed by atoms with Crippen LogP contribution < -0.4 is 5.32 Å². The highest BCUT2D eigenvalue weighted by atomic mass is 16.2. The molecule has 1 fully saturated rings. The van der Waals surface area contributed by atoms with E-state index in [1.807, 2.05) is 26.0 Å². The minimum atomic E-state index is 0.0275. The molecule has 0 radical (unpaired) electrons. The van der Waals surface area contributed by atoms with Crippen LogP contribution >= 0.6 is 0 Å². The number of nitrogens with one attached hydrogen (secondary N) is 1. The lowest BCUT2D eigenvalue weighted by Gasteiger charge is -2.35. The minimum absolute atomic E-state index is 0.0275. The second-order valence-electron chi connectivity index (χ2n) is 7.48. The maximum Gasteiger partial charge on any atom is 0.279 e. The number of likely N-dealkylation sites (N-methyl/N-ethyl adjacent to an activating group) is 1. The van der Waals surface area contributed by atoms with Gasteiger partial charge in [-0.25, -0.2) is 0 Å². The van der Waals surface area contributed by atoms with Gasteiger partial charge in [0.15, 0.2) is 6.54 Å². The lowest BCUT2D eigenvalue weighted by molar-refractivity contribution is -0.906. The summed E-state index contributed by atoms with van der Waals surface area (Å²) < 4.78 is 0.740. The first kappa shape index (κ1) is 19.4. The molecule has 5 heteroatoms. The fraction of sp³-hybridized carbons (Fsp3) is 0.600. The van der Waals surface area contributed by atoms with Crippen LogP contribution in [-0.4, -0.2) is 61.0 Å². The number of benzene rings is 1. The monoisotopic (exact) mass is 346 g/mol. The van der Waals surface area contributed by atoms with E-state index in [9.17, 15) is 9.59 Å². The highest BCUT2D eigenvalue weighted by Crippen LogP contribution is 2.26. The van der Waals surface area contributed by atoms with E-state index in [1.54, 1.807) is 17.0 Å². The Labute approximate surface area is 151 Å². The molecule has 5 nitrogen and oxygen atoms in total. The fourth-order valence-electron chi connectivity index (χ4n) is 3.69. The van der Waals surface area contributed by atoms with Crippen LogP contribution in [0.15, 0.2) is 24.3 Å². The number of hydrogen-bond donors (Lipinski definition) is 1. The predicted octanol–water partition coefficient (Wildman–Crippen LogP) is 3.13. The van der Waals surface area contributed by atoms with E-state index in [1.165, 1.54) is 25.7 Å². The summed E-state index contributed by atoms with van der Waals surface area (Å²) in [5.41, 5.74) is 1.40. The summed E-state index contributed by atoms with van der Waals surface area (Å²) in [5.74, 6) is 0.0571. The van der Waals surface area contributed by atoms with Crippen molar-refractivity contribution < 1.29 is 14.1 Å². The molecule has 1 saturated carbocycles. The molecule has 0 bridgehead atoms. The molecule has 1 aliphatic rings. The number of carbonyl (C=O) groups is 2. The van der Waals surface area contributed by atoms with Gasteiger partial charge in [-0.1, -0.05) is 0 Å². The van der Waals surface area contributed by atoms with E-state index >= 15 is 0 Å². The van der Waals surface area contributed by atoms with Gasteiger partial charge in [0, 0.05) is 24.3 Å². The van der Waals surface area contributed by atoms with E-state index in [2.05, 4.69) is 19.4 Å². The van der Waals surface area contributed by atoms with Gasteiger partial charge >= 0.3 is 0 Å². The van der Waals surface area contributed by atoms with Crippen LogP contribution in [0.25, 0.3) is 0 Å². The molecular weight excluding hydrogens is 314 g/mol. The van der Waals surface area contributed by atoms with Crippen molar-refractivity contribution in [2.45, 2.75) is 45.6 Å². The lowest BCUT2D eigenvalue weighted by atomic mass is 10.1. The van der Waals surface area contributed by atoms with Crippen molar-refractivity contribution >= 4 is 17.5 Å². The third kappa shape index (κ3) is 5.05. The van der Waals surface area contributed by atoms with Crippen LogP contribution in [0, 0.1) is 0 Å². The zero-order valence-corrected chi connectivity index (χ0v) is 16.0. The molecule has 1 aliphatic carbocycles. The first-order chi connectivity index (χ1) is 11.9. The summed E-state index contributed by atoms with van der Waals surface area (Å²) in [6.07, 6.45) is 4.97. The number of anilines is 1. The third-order valence-electron chi connectivity index (χ3n) is 5.33. The molecule has 1 aromatic carbocycles. The Morgan fingerprint density at radius 2 is 1.64 bits per heavy atom. The number of nitrogens with zero attached hydrogens (tertiary/aromatic N) is 2.